The van der Waals surface area contributed by atoms with Gasteiger partial charge >= 0.3 is 0 Å². The zero-order valence-electron chi connectivity index (χ0n) is 16.5. The number of carbonyl (C=O) groups excluding carboxylic acids is 1. The minimum Gasteiger partial charge on any atom is -0.459 e. The Morgan fingerprint density at radius 2 is 1.93 bits per heavy atom. The van der Waals surface area contributed by atoms with Crippen LogP contribution < -0.4 is 10.6 Å². The Morgan fingerprint density at radius 3 is 2.67 bits per heavy atom. The zero-order chi connectivity index (χ0) is 21.1. The van der Waals surface area contributed by atoms with Crippen LogP contribution in [0.1, 0.15) is 38.3 Å². The van der Waals surface area contributed by atoms with Crippen LogP contribution in [0, 0.1) is 19.7 Å². The number of amides is 1. The minimum atomic E-state index is -0.410. The largest absolute Gasteiger partial charge is 0.459 e. The second-order valence-electron chi connectivity index (χ2n) is 6.87. The lowest BCUT2D eigenvalue weighted by molar-refractivity contribution is 0.0997. The number of nitrogens with one attached hydrogen (secondary N) is 2. The molecule has 0 saturated carbocycles. The summed E-state index contributed by atoms with van der Waals surface area (Å²) in [6.45, 7) is 3.87. The van der Waals surface area contributed by atoms with Gasteiger partial charge in [0.2, 0.25) is 0 Å². The van der Waals surface area contributed by atoms with Crippen molar-refractivity contribution in [1.82, 2.24) is 4.98 Å². The van der Waals surface area contributed by atoms with E-state index in [4.69, 9.17) is 4.42 Å². The number of hydrogen-bond donors (Lipinski definition) is 2. The summed E-state index contributed by atoms with van der Waals surface area (Å²) in [4.78, 5) is 18.1. The molecule has 5 nitrogen and oxygen atoms in total. The molecule has 30 heavy (non-hydrogen) atoms. The summed E-state index contributed by atoms with van der Waals surface area (Å²) in [7, 11) is 0. The van der Waals surface area contributed by atoms with E-state index in [2.05, 4.69) is 15.6 Å². The first-order valence-electron chi connectivity index (χ1n) is 9.40. The van der Waals surface area contributed by atoms with Gasteiger partial charge in [0.1, 0.15) is 16.6 Å². The van der Waals surface area contributed by atoms with Crippen LogP contribution in [0.4, 0.5) is 15.2 Å². The van der Waals surface area contributed by atoms with E-state index in [1.54, 1.807) is 18.2 Å². The quantitative estimate of drug-likeness (QED) is 0.404. The molecule has 3 aromatic heterocycles. The third-order valence-electron chi connectivity index (χ3n) is 4.53. The normalized spacial score (nSPS) is 11.8. The first-order chi connectivity index (χ1) is 14.5. The number of aromatic nitrogens is 1. The van der Waals surface area contributed by atoms with Gasteiger partial charge in [0.15, 0.2) is 5.76 Å². The lowest BCUT2D eigenvalue weighted by Gasteiger charge is -2.21. The van der Waals surface area contributed by atoms with Gasteiger partial charge in [0.25, 0.3) is 5.91 Å². The van der Waals surface area contributed by atoms with E-state index in [9.17, 15) is 9.18 Å². The molecule has 0 saturated heterocycles. The molecule has 2 N–H and O–H groups in total. The van der Waals surface area contributed by atoms with Crippen molar-refractivity contribution < 1.29 is 13.6 Å². The van der Waals surface area contributed by atoms with E-state index in [0.717, 1.165) is 21.7 Å². The highest BCUT2D eigenvalue weighted by Crippen LogP contribution is 2.37. The van der Waals surface area contributed by atoms with Gasteiger partial charge in [0.05, 0.1) is 12.3 Å². The Morgan fingerprint density at radius 1 is 1.10 bits per heavy atom. The van der Waals surface area contributed by atoms with Crippen molar-refractivity contribution in [2.24, 2.45) is 0 Å². The summed E-state index contributed by atoms with van der Waals surface area (Å²) in [5.74, 6) is 0.221. The average Bonchev–Trinajstić information content (AvgIpc) is 3.36. The van der Waals surface area contributed by atoms with Crippen molar-refractivity contribution in [2.45, 2.75) is 19.9 Å². The fourth-order valence-electron chi connectivity index (χ4n) is 3.22. The number of carbonyl (C=O) groups is 1. The van der Waals surface area contributed by atoms with E-state index < -0.39 is 6.04 Å². The first-order valence-corrected chi connectivity index (χ1v) is 10.2. The van der Waals surface area contributed by atoms with Gasteiger partial charge in [-0.3, -0.25) is 4.79 Å². The minimum absolute atomic E-state index is 0.225. The number of rotatable bonds is 6. The number of thiophene rings is 1. The van der Waals surface area contributed by atoms with Gasteiger partial charge in [-0.15, -0.1) is 11.3 Å². The van der Waals surface area contributed by atoms with Gasteiger partial charge in [-0.2, -0.15) is 0 Å². The molecule has 1 atom stereocenters. The lowest BCUT2D eigenvalue weighted by Crippen LogP contribution is -2.17. The van der Waals surface area contributed by atoms with Crippen molar-refractivity contribution in [3.63, 3.8) is 0 Å². The van der Waals surface area contributed by atoms with Crippen LogP contribution in [0.5, 0.6) is 0 Å². The lowest BCUT2D eigenvalue weighted by atomic mass is 9.99. The summed E-state index contributed by atoms with van der Waals surface area (Å²) < 4.78 is 19.2. The summed E-state index contributed by atoms with van der Waals surface area (Å²) >= 11 is 1.45. The third-order valence-corrected chi connectivity index (χ3v) is 5.51. The average molecular weight is 421 g/mol. The number of furan rings is 1. The Bertz CT molecular complexity index is 1170. The molecule has 0 fully saturated rings. The highest BCUT2D eigenvalue weighted by atomic mass is 32.1. The van der Waals surface area contributed by atoms with Crippen LogP contribution >= 0.6 is 11.3 Å². The summed E-state index contributed by atoms with van der Waals surface area (Å²) in [5, 5.41) is 6.99. The Balaban J connectivity index is 1.74. The highest BCUT2D eigenvalue weighted by Gasteiger charge is 2.23. The van der Waals surface area contributed by atoms with Gasteiger partial charge < -0.3 is 15.1 Å². The maximum Gasteiger partial charge on any atom is 0.291 e. The molecule has 3 heterocycles. The molecule has 0 aliphatic carbocycles. The van der Waals surface area contributed by atoms with Crippen LogP contribution in [0.2, 0.25) is 0 Å². The van der Waals surface area contributed by atoms with Gasteiger partial charge in [-0.05, 0) is 61.9 Å². The molecule has 4 aromatic rings. The molecule has 0 radical (unpaired) electrons. The molecule has 4 rings (SSSR count). The zero-order valence-corrected chi connectivity index (χ0v) is 17.3. The first kappa shape index (κ1) is 19.8. The Kier molecular flexibility index (Phi) is 5.63. The van der Waals surface area contributed by atoms with Crippen molar-refractivity contribution in [1.29, 1.82) is 0 Å². The van der Waals surface area contributed by atoms with Crippen LogP contribution in [0.25, 0.3) is 0 Å². The van der Waals surface area contributed by atoms with E-state index in [-0.39, 0.29) is 17.5 Å². The number of anilines is 2. The van der Waals surface area contributed by atoms with Crippen molar-refractivity contribution >= 4 is 28.1 Å². The number of pyridine rings is 1. The van der Waals surface area contributed by atoms with Gasteiger partial charge in [0, 0.05) is 16.1 Å². The van der Waals surface area contributed by atoms with E-state index in [1.165, 1.54) is 29.7 Å². The van der Waals surface area contributed by atoms with Crippen LogP contribution in [-0.4, -0.2) is 10.9 Å². The maximum atomic E-state index is 14.0. The van der Waals surface area contributed by atoms with Crippen LogP contribution in [-0.2, 0) is 0 Å². The van der Waals surface area contributed by atoms with E-state index in [1.807, 2.05) is 44.2 Å². The maximum absolute atomic E-state index is 14.0. The summed E-state index contributed by atoms with van der Waals surface area (Å²) in [6.07, 6.45) is 1.45. The monoisotopic (exact) mass is 421 g/mol. The molecule has 0 unspecified atom stereocenters. The standard InChI is InChI=1S/C23H20FN3O2S/c1-14-6-3-10-20(25-14)26-21(16-7-4-8-17(24)13-16)18-12-15(2)30-23(18)27-22(28)19-9-5-11-29-19/h3-13,21H,1-2H3,(H,25,26)(H,27,28)/t21-/m0/s1. The predicted octanol–water partition coefficient (Wildman–Crippen LogP) is 5.95. The van der Waals surface area contributed by atoms with Crippen LogP contribution in [0.15, 0.2) is 71.3 Å². The highest BCUT2D eigenvalue weighted by molar-refractivity contribution is 7.16. The summed E-state index contributed by atoms with van der Waals surface area (Å²) in [5.41, 5.74) is 2.42. The molecule has 0 aliphatic heterocycles. The van der Waals surface area contributed by atoms with Crippen molar-refractivity contribution in [2.75, 3.05) is 10.6 Å². The topological polar surface area (TPSA) is 67.2 Å². The number of benzene rings is 1. The molecule has 0 bridgehead atoms. The fraction of sp³-hybridized carbons (Fsp3) is 0.130. The molecule has 0 spiro atoms. The molecular weight excluding hydrogens is 401 g/mol. The predicted molar refractivity (Wildman–Crippen MR) is 117 cm³/mol. The molecule has 1 aromatic carbocycles. The van der Waals surface area contributed by atoms with Crippen molar-refractivity contribution in [3.05, 3.63) is 100 Å². The summed E-state index contributed by atoms with van der Waals surface area (Å²) in [6, 6.07) is 16.9. The van der Waals surface area contributed by atoms with Gasteiger partial charge in [-0.1, -0.05) is 18.2 Å². The molecule has 152 valence electrons. The van der Waals surface area contributed by atoms with Gasteiger partial charge in [-0.25, -0.2) is 9.37 Å². The third kappa shape index (κ3) is 4.41. The van der Waals surface area contributed by atoms with Crippen LogP contribution in [0.3, 0.4) is 0 Å². The van der Waals surface area contributed by atoms with E-state index in [0.29, 0.717) is 10.8 Å². The molecule has 0 aliphatic rings. The second-order valence-corrected chi connectivity index (χ2v) is 8.13. The molecule has 7 heteroatoms. The number of nitrogens with zero attached hydrogens (tertiary/aromatic N) is 1. The SMILES string of the molecule is Cc1cccc(N[C@@H](c2cccc(F)c2)c2cc(C)sc2NC(=O)c2ccco2)n1. The second kappa shape index (κ2) is 8.51. The molecular formula is C23H20FN3O2S. The smallest absolute Gasteiger partial charge is 0.291 e. The molecule has 1 amide bonds. The Labute approximate surface area is 177 Å². The number of halogens is 1. The van der Waals surface area contributed by atoms with E-state index >= 15 is 0 Å². The van der Waals surface area contributed by atoms with Crippen molar-refractivity contribution in [3.8, 4) is 0 Å². The fourth-order valence-corrected chi connectivity index (χ4v) is 4.16. The number of aryl methyl sites for hydroxylation is 2. The number of hydrogen-bond acceptors (Lipinski definition) is 5. The Hall–Kier alpha value is -3.45.